The molecule has 1 fully saturated rings. The normalized spacial score (nSPS) is 18.3. The van der Waals surface area contributed by atoms with E-state index < -0.39 is 0 Å². The van der Waals surface area contributed by atoms with E-state index in [1.807, 2.05) is 17.5 Å². The van der Waals surface area contributed by atoms with E-state index in [1.54, 1.807) is 0 Å². The fourth-order valence-electron chi connectivity index (χ4n) is 3.08. The summed E-state index contributed by atoms with van der Waals surface area (Å²) in [5.74, 6) is -0.0118. The van der Waals surface area contributed by atoms with Gasteiger partial charge in [-0.05, 0) is 50.1 Å². The lowest BCUT2D eigenvalue weighted by atomic mass is 10.1. The van der Waals surface area contributed by atoms with Crippen LogP contribution in [0.25, 0.3) is 0 Å². The maximum Gasteiger partial charge on any atom is 0.217 e. The van der Waals surface area contributed by atoms with Gasteiger partial charge < -0.3 is 5.32 Å². The van der Waals surface area contributed by atoms with Crippen molar-refractivity contribution in [3.05, 3.63) is 51.5 Å². The van der Waals surface area contributed by atoms with Gasteiger partial charge in [0.05, 0.1) is 11.7 Å². The van der Waals surface area contributed by atoms with Gasteiger partial charge in [-0.3, -0.25) is 14.7 Å². The van der Waals surface area contributed by atoms with Gasteiger partial charge in [0.25, 0.3) is 0 Å². The average Bonchev–Trinajstić information content (AvgIpc) is 3.15. The molecule has 0 spiro atoms. The molecule has 1 aliphatic rings. The number of carbonyl (C=O) groups is 1. The highest BCUT2D eigenvalue weighted by molar-refractivity contribution is 7.11. The molecule has 5 heteroatoms. The average molecular weight is 329 g/mol. The first-order valence-corrected chi connectivity index (χ1v) is 8.92. The molecule has 3 heterocycles. The summed E-state index contributed by atoms with van der Waals surface area (Å²) in [5.41, 5.74) is 2.18. The molecule has 3 rings (SSSR count). The van der Waals surface area contributed by atoms with Crippen LogP contribution in [-0.4, -0.2) is 22.3 Å². The minimum absolute atomic E-state index is 0.0118. The third-order valence-corrected chi connectivity index (χ3v) is 5.23. The van der Waals surface area contributed by atoms with Gasteiger partial charge in [-0.1, -0.05) is 6.07 Å². The first-order chi connectivity index (χ1) is 11.1. The van der Waals surface area contributed by atoms with Crippen molar-refractivity contribution in [3.63, 3.8) is 0 Å². The molecule has 1 amide bonds. The molecule has 0 radical (unpaired) electrons. The minimum atomic E-state index is -0.0118. The molecule has 23 heavy (non-hydrogen) atoms. The quantitative estimate of drug-likeness (QED) is 0.914. The second-order valence-electron chi connectivity index (χ2n) is 6.14. The number of aromatic nitrogens is 1. The van der Waals surface area contributed by atoms with E-state index in [0.717, 1.165) is 24.3 Å². The van der Waals surface area contributed by atoms with Crippen molar-refractivity contribution in [2.24, 2.45) is 0 Å². The van der Waals surface area contributed by atoms with Crippen LogP contribution < -0.4 is 5.32 Å². The second kappa shape index (κ2) is 7.23. The van der Waals surface area contributed by atoms with E-state index in [0.29, 0.717) is 12.6 Å². The Morgan fingerprint density at radius 1 is 1.39 bits per heavy atom. The lowest BCUT2D eigenvalue weighted by Gasteiger charge is -2.23. The first kappa shape index (κ1) is 16.1. The minimum Gasteiger partial charge on any atom is -0.352 e. The van der Waals surface area contributed by atoms with Crippen molar-refractivity contribution in [2.75, 3.05) is 6.54 Å². The highest BCUT2D eigenvalue weighted by atomic mass is 32.1. The summed E-state index contributed by atoms with van der Waals surface area (Å²) in [7, 11) is 0. The molecule has 1 atom stereocenters. The van der Waals surface area contributed by atoms with E-state index in [1.165, 1.54) is 29.5 Å². The lowest BCUT2D eigenvalue weighted by Crippen LogP contribution is -2.23. The standard InChI is InChI=1S/C18H23N3OS/c1-13-5-7-16(23-13)12-21-9-3-4-18(21)17-8-6-15(11-20-17)10-19-14(2)22/h5-8,11,18H,3-4,9-10,12H2,1-2H3,(H,19,22). The molecule has 0 bridgehead atoms. The van der Waals surface area contributed by atoms with Gasteiger partial charge >= 0.3 is 0 Å². The Kier molecular flexibility index (Phi) is 5.08. The fourth-order valence-corrected chi connectivity index (χ4v) is 4.00. The van der Waals surface area contributed by atoms with Crippen LogP contribution in [0.15, 0.2) is 30.5 Å². The summed E-state index contributed by atoms with van der Waals surface area (Å²) < 4.78 is 0. The number of rotatable bonds is 5. The Morgan fingerprint density at radius 2 is 2.26 bits per heavy atom. The summed E-state index contributed by atoms with van der Waals surface area (Å²) in [5, 5.41) is 2.81. The zero-order valence-electron chi connectivity index (χ0n) is 13.7. The number of aryl methyl sites for hydroxylation is 1. The highest BCUT2D eigenvalue weighted by Gasteiger charge is 2.27. The van der Waals surface area contributed by atoms with Crippen LogP contribution in [0.2, 0.25) is 0 Å². The van der Waals surface area contributed by atoms with Gasteiger partial charge in [-0.25, -0.2) is 0 Å². The molecule has 1 unspecified atom stereocenters. The van der Waals surface area contributed by atoms with Crippen molar-refractivity contribution in [1.29, 1.82) is 0 Å². The summed E-state index contributed by atoms with van der Waals surface area (Å²) >= 11 is 1.88. The Hall–Kier alpha value is -1.72. The van der Waals surface area contributed by atoms with Crippen molar-refractivity contribution >= 4 is 17.2 Å². The van der Waals surface area contributed by atoms with Gasteiger partial charge in [-0.2, -0.15) is 0 Å². The predicted octanol–water partition coefficient (Wildman–Crippen LogP) is 3.42. The number of hydrogen-bond donors (Lipinski definition) is 1. The van der Waals surface area contributed by atoms with Crippen molar-refractivity contribution in [1.82, 2.24) is 15.2 Å². The fraction of sp³-hybridized carbons (Fsp3) is 0.444. The number of nitrogens with zero attached hydrogens (tertiary/aromatic N) is 2. The molecule has 1 N–H and O–H groups in total. The molecular weight excluding hydrogens is 306 g/mol. The number of nitrogens with one attached hydrogen (secondary N) is 1. The summed E-state index contributed by atoms with van der Waals surface area (Å²) in [6.45, 7) is 6.39. The van der Waals surface area contributed by atoms with Crippen LogP contribution in [0.4, 0.5) is 0 Å². The van der Waals surface area contributed by atoms with Crippen LogP contribution >= 0.6 is 11.3 Å². The van der Waals surface area contributed by atoms with Crippen molar-refractivity contribution in [2.45, 2.75) is 45.8 Å². The zero-order valence-corrected chi connectivity index (χ0v) is 14.5. The van der Waals surface area contributed by atoms with E-state index in [4.69, 9.17) is 0 Å². The number of likely N-dealkylation sites (tertiary alicyclic amines) is 1. The zero-order chi connectivity index (χ0) is 16.2. The Balaban J connectivity index is 1.66. The number of pyridine rings is 1. The largest absolute Gasteiger partial charge is 0.352 e. The van der Waals surface area contributed by atoms with Crippen LogP contribution in [0.1, 0.15) is 46.8 Å². The molecule has 0 aromatic carbocycles. The first-order valence-electron chi connectivity index (χ1n) is 8.10. The predicted molar refractivity (Wildman–Crippen MR) is 93.2 cm³/mol. The number of amides is 1. The van der Waals surface area contributed by atoms with E-state index in [-0.39, 0.29) is 5.91 Å². The van der Waals surface area contributed by atoms with Crippen molar-refractivity contribution < 1.29 is 4.79 Å². The van der Waals surface area contributed by atoms with Gasteiger partial charge in [0.15, 0.2) is 0 Å². The summed E-state index contributed by atoms with van der Waals surface area (Å²) in [6.07, 6.45) is 4.28. The van der Waals surface area contributed by atoms with E-state index in [9.17, 15) is 4.79 Å². The highest BCUT2D eigenvalue weighted by Crippen LogP contribution is 2.33. The molecule has 1 aliphatic heterocycles. The van der Waals surface area contributed by atoms with Crippen molar-refractivity contribution in [3.8, 4) is 0 Å². The van der Waals surface area contributed by atoms with Crippen LogP contribution in [0.3, 0.4) is 0 Å². The molecule has 2 aromatic rings. The van der Waals surface area contributed by atoms with Gasteiger partial charge in [-0.15, -0.1) is 11.3 Å². The van der Waals surface area contributed by atoms with Gasteiger partial charge in [0, 0.05) is 36.0 Å². The Bertz CT molecular complexity index is 665. The number of hydrogen-bond acceptors (Lipinski definition) is 4. The monoisotopic (exact) mass is 329 g/mol. The Labute approximate surface area is 141 Å². The molecule has 2 aromatic heterocycles. The number of thiophene rings is 1. The van der Waals surface area contributed by atoms with Crippen LogP contribution in [-0.2, 0) is 17.9 Å². The van der Waals surface area contributed by atoms with E-state index in [2.05, 4.69) is 46.4 Å². The molecule has 122 valence electrons. The lowest BCUT2D eigenvalue weighted by molar-refractivity contribution is -0.119. The summed E-state index contributed by atoms with van der Waals surface area (Å²) in [6, 6.07) is 9.02. The topological polar surface area (TPSA) is 45.2 Å². The van der Waals surface area contributed by atoms with Crippen LogP contribution in [0, 0.1) is 6.92 Å². The SMILES string of the molecule is CC(=O)NCc1ccc(C2CCCN2Cc2ccc(C)s2)nc1. The molecular formula is C18H23N3OS. The second-order valence-corrected chi connectivity index (χ2v) is 7.51. The van der Waals surface area contributed by atoms with Gasteiger partial charge in [0.1, 0.15) is 0 Å². The van der Waals surface area contributed by atoms with E-state index >= 15 is 0 Å². The maximum absolute atomic E-state index is 11.0. The smallest absolute Gasteiger partial charge is 0.217 e. The van der Waals surface area contributed by atoms with Crippen LogP contribution in [0.5, 0.6) is 0 Å². The van der Waals surface area contributed by atoms with Gasteiger partial charge in [0.2, 0.25) is 5.91 Å². The third kappa shape index (κ3) is 4.18. The Morgan fingerprint density at radius 3 is 2.91 bits per heavy atom. The molecule has 1 saturated heterocycles. The molecule has 4 nitrogen and oxygen atoms in total. The maximum atomic E-state index is 11.0. The molecule has 0 aliphatic carbocycles. The number of carbonyl (C=O) groups excluding carboxylic acids is 1. The third-order valence-electron chi connectivity index (χ3n) is 4.25. The summed E-state index contributed by atoms with van der Waals surface area (Å²) in [4.78, 5) is 20.9. The molecule has 0 saturated carbocycles.